The summed E-state index contributed by atoms with van der Waals surface area (Å²) in [6.45, 7) is 6.28. The molecule has 3 aromatic rings. The second kappa shape index (κ2) is 12.0. The number of esters is 1. The lowest BCUT2D eigenvalue weighted by atomic mass is 9.78. The van der Waals surface area contributed by atoms with Crippen LogP contribution in [0.3, 0.4) is 0 Å². The van der Waals surface area contributed by atoms with Crippen molar-refractivity contribution >= 4 is 11.9 Å². The van der Waals surface area contributed by atoms with Gasteiger partial charge in [-0.2, -0.15) is 0 Å². The SMILES string of the molecule is COCCOc1ccc(C(=O)N2C[C@H](OC(=O)C(C)(C)C)C[C@H]2C(O)(c2ccccc2)c2ccccc2)nc1. The van der Waals surface area contributed by atoms with Crippen LogP contribution in [-0.2, 0) is 19.9 Å². The first-order valence-corrected chi connectivity index (χ1v) is 13.1. The van der Waals surface area contributed by atoms with E-state index in [0.29, 0.717) is 30.1 Å². The van der Waals surface area contributed by atoms with Crippen LogP contribution in [0.5, 0.6) is 5.75 Å². The zero-order chi connectivity index (χ0) is 28.0. The summed E-state index contributed by atoms with van der Waals surface area (Å²) in [7, 11) is 1.59. The normalized spacial score (nSPS) is 17.6. The Morgan fingerprint density at radius 2 is 1.56 bits per heavy atom. The number of amides is 1. The summed E-state index contributed by atoms with van der Waals surface area (Å²) in [5.41, 5.74) is -0.800. The molecule has 1 aromatic heterocycles. The summed E-state index contributed by atoms with van der Waals surface area (Å²) in [6, 6.07) is 21.1. The minimum atomic E-state index is -1.57. The van der Waals surface area contributed by atoms with E-state index < -0.39 is 23.2 Å². The highest BCUT2D eigenvalue weighted by Crippen LogP contribution is 2.41. The molecule has 8 nitrogen and oxygen atoms in total. The molecular weight excluding hydrogens is 496 g/mol. The van der Waals surface area contributed by atoms with Gasteiger partial charge in [-0.15, -0.1) is 0 Å². The van der Waals surface area contributed by atoms with Gasteiger partial charge in [-0.3, -0.25) is 9.59 Å². The number of methoxy groups -OCH3 is 1. The molecule has 206 valence electrons. The Balaban J connectivity index is 1.72. The van der Waals surface area contributed by atoms with Crippen LogP contribution < -0.4 is 4.74 Å². The van der Waals surface area contributed by atoms with Crippen molar-refractivity contribution in [2.45, 2.75) is 44.9 Å². The molecule has 0 bridgehead atoms. The van der Waals surface area contributed by atoms with E-state index in [4.69, 9.17) is 14.2 Å². The molecule has 39 heavy (non-hydrogen) atoms. The fourth-order valence-electron chi connectivity index (χ4n) is 4.75. The molecule has 0 unspecified atom stereocenters. The van der Waals surface area contributed by atoms with Crippen molar-refractivity contribution in [1.29, 1.82) is 0 Å². The highest BCUT2D eigenvalue weighted by molar-refractivity contribution is 5.93. The van der Waals surface area contributed by atoms with Crippen LogP contribution in [-0.4, -0.2) is 65.9 Å². The Morgan fingerprint density at radius 1 is 0.949 bits per heavy atom. The Hall–Kier alpha value is -3.75. The zero-order valence-electron chi connectivity index (χ0n) is 22.9. The third-order valence-corrected chi connectivity index (χ3v) is 6.83. The average Bonchev–Trinajstić information content (AvgIpc) is 3.37. The van der Waals surface area contributed by atoms with Crippen molar-refractivity contribution in [3.05, 3.63) is 95.8 Å². The van der Waals surface area contributed by atoms with E-state index in [-0.39, 0.29) is 30.5 Å². The van der Waals surface area contributed by atoms with Crippen LogP contribution in [0, 0.1) is 5.41 Å². The van der Waals surface area contributed by atoms with Crippen LogP contribution in [0.25, 0.3) is 0 Å². The Labute approximate surface area is 229 Å². The number of aliphatic hydroxyl groups is 1. The number of likely N-dealkylation sites (tertiary alicyclic amines) is 1. The minimum absolute atomic E-state index is 0.126. The van der Waals surface area contributed by atoms with Gasteiger partial charge < -0.3 is 24.2 Å². The number of ether oxygens (including phenoxy) is 3. The van der Waals surface area contributed by atoms with Crippen molar-refractivity contribution in [1.82, 2.24) is 9.88 Å². The van der Waals surface area contributed by atoms with Gasteiger partial charge in [0.05, 0.1) is 30.8 Å². The van der Waals surface area contributed by atoms with Crippen LogP contribution in [0.2, 0.25) is 0 Å². The third kappa shape index (κ3) is 6.29. The van der Waals surface area contributed by atoms with E-state index >= 15 is 0 Å². The van der Waals surface area contributed by atoms with Crippen LogP contribution >= 0.6 is 0 Å². The molecule has 1 N–H and O–H groups in total. The number of carbonyl (C=O) groups is 2. The van der Waals surface area contributed by atoms with Gasteiger partial charge in [0.1, 0.15) is 29.8 Å². The molecule has 2 heterocycles. The molecule has 2 aromatic carbocycles. The molecule has 0 radical (unpaired) electrons. The molecule has 0 saturated carbocycles. The number of carbonyl (C=O) groups excluding carboxylic acids is 2. The highest BCUT2D eigenvalue weighted by atomic mass is 16.5. The first-order chi connectivity index (χ1) is 18.6. The van der Waals surface area contributed by atoms with E-state index in [1.807, 2.05) is 60.7 Å². The monoisotopic (exact) mass is 532 g/mol. The molecule has 1 aliphatic heterocycles. The van der Waals surface area contributed by atoms with Crippen LogP contribution in [0.4, 0.5) is 0 Å². The van der Waals surface area contributed by atoms with Gasteiger partial charge in [-0.05, 0) is 44.0 Å². The van der Waals surface area contributed by atoms with Crippen LogP contribution in [0.1, 0.15) is 48.8 Å². The van der Waals surface area contributed by atoms with Gasteiger partial charge in [0.15, 0.2) is 0 Å². The Morgan fingerprint density at radius 3 is 2.08 bits per heavy atom. The molecule has 0 aliphatic carbocycles. The highest BCUT2D eigenvalue weighted by Gasteiger charge is 2.51. The zero-order valence-corrected chi connectivity index (χ0v) is 22.9. The first-order valence-electron chi connectivity index (χ1n) is 13.1. The number of rotatable bonds is 9. The number of benzene rings is 2. The third-order valence-electron chi connectivity index (χ3n) is 6.83. The Kier molecular flexibility index (Phi) is 8.67. The van der Waals surface area contributed by atoms with Gasteiger partial charge in [0.2, 0.25) is 0 Å². The lowest BCUT2D eigenvalue weighted by Crippen LogP contribution is -2.50. The maximum Gasteiger partial charge on any atom is 0.311 e. The van der Waals surface area contributed by atoms with Crippen molar-refractivity contribution < 1.29 is 28.9 Å². The fourth-order valence-corrected chi connectivity index (χ4v) is 4.75. The molecule has 1 amide bonds. The van der Waals surface area contributed by atoms with Gasteiger partial charge in [0.25, 0.3) is 5.91 Å². The van der Waals surface area contributed by atoms with Gasteiger partial charge in [0, 0.05) is 13.5 Å². The maximum absolute atomic E-state index is 13.9. The summed E-state index contributed by atoms with van der Waals surface area (Å²) in [5, 5.41) is 12.5. The molecule has 8 heteroatoms. The van der Waals surface area contributed by atoms with E-state index in [1.54, 1.807) is 44.9 Å². The molecule has 0 spiro atoms. The van der Waals surface area contributed by atoms with Crippen molar-refractivity contribution in [3.63, 3.8) is 0 Å². The van der Waals surface area contributed by atoms with E-state index in [2.05, 4.69) is 4.98 Å². The number of pyridine rings is 1. The number of hydrogen-bond acceptors (Lipinski definition) is 7. The maximum atomic E-state index is 13.9. The number of hydrogen-bond donors (Lipinski definition) is 1. The summed E-state index contributed by atoms with van der Waals surface area (Å²) in [4.78, 5) is 32.6. The molecule has 1 fully saturated rings. The minimum Gasteiger partial charge on any atom is -0.490 e. The number of nitrogens with zero attached hydrogens (tertiary/aromatic N) is 2. The molecule has 2 atom stereocenters. The topological polar surface area (TPSA) is 98.2 Å². The predicted molar refractivity (Wildman–Crippen MR) is 146 cm³/mol. The van der Waals surface area contributed by atoms with E-state index in [0.717, 1.165) is 0 Å². The van der Waals surface area contributed by atoms with Gasteiger partial charge >= 0.3 is 5.97 Å². The first kappa shape index (κ1) is 28.3. The summed E-state index contributed by atoms with van der Waals surface area (Å²) >= 11 is 0. The lowest BCUT2D eigenvalue weighted by molar-refractivity contribution is -0.158. The summed E-state index contributed by atoms with van der Waals surface area (Å²) < 4.78 is 16.4. The lowest BCUT2D eigenvalue weighted by Gasteiger charge is -2.39. The van der Waals surface area contributed by atoms with E-state index in [9.17, 15) is 14.7 Å². The smallest absolute Gasteiger partial charge is 0.311 e. The Bertz CT molecular complexity index is 1200. The van der Waals surface area contributed by atoms with E-state index in [1.165, 1.54) is 6.20 Å². The van der Waals surface area contributed by atoms with Crippen molar-refractivity contribution in [2.75, 3.05) is 26.9 Å². The average molecular weight is 533 g/mol. The summed E-state index contributed by atoms with van der Waals surface area (Å²) in [5.74, 6) is -0.217. The second-order valence-electron chi connectivity index (χ2n) is 10.7. The van der Waals surface area contributed by atoms with Gasteiger partial charge in [-0.25, -0.2) is 4.98 Å². The molecule has 1 saturated heterocycles. The number of aromatic nitrogens is 1. The van der Waals surface area contributed by atoms with Crippen molar-refractivity contribution in [2.24, 2.45) is 5.41 Å². The fraction of sp³-hybridized carbons (Fsp3) is 0.387. The molecular formula is C31H36N2O6. The van der Waals surface area contributed by atoms with Gasteiger partial charge in [-0.1, -0.05) is 60.7 Å². The quantitative estimate of drug-likeness (QED) is 0.326. The van der Waals surface area contributed by atoms with Crippen molar-refractivity contribution in [3.8, 4) is 5.75 Å². The van der Waals surface area contributed by atoms with Crippen LogP contribution in [0.15, 0.2) is 79.0 Å². The summed E-state index contributed by atoms with van der Waals surface area (Å²) in [6.07, 6.45) is 1.15. The molecule has 4 rings (SSSR count). The predicted octanol–water partition coefficient (Wildman–Crippen LogP) is 4.22. The largest absolute Gasteiger partial charge is 0.490 e. The second-order valence-corrected chi connectivity index (χ2v) is 10.7. The molecule has 1 aliphatic rings. The standard InChI is InChI=1S/C31H36N2O6/c1-30(2,3)29(35)39-25-19-27(31(36,22-11-7-5-8-12-22)23-13-9-6-10-14-23)33(21-25)28(34)26-16-15-24(20-32-26)38-18-17-37-4/h5-16,20,25,27,36H,17-19,21H2,1-4H3/t25-,27+/m1/s1.